The van der Waals surface area contributed by atoms with Crippen LogP contribution in [0.2, 0.25) is 0 Å². The second-order valence-corrected chi connectivity index (χ2v) is 6.03. The molecule has 0 spiro atoms. The van der Waals surface area contributed by atoms with Crippen LogP contribution in [0.4, 0.5) is 0 Å². The fourth-order valence-electron chi connectivity index (χ4n) is 2.54. The fraction of sp³-hybridized carbons (Fsp3) is 0.429. The largest absolute Gasteiger partial charge is 0.384 e. The van der Waals surface area contributed by atoms with Crippen LogP contribution in [0.15, 0.2) is 29.9 Å². The summed E-state index contributed by atoms with van der Waals surface area (Å²) in [5.41, 5.74) is 6.82. The average molecular weight is 275 g/mol. The third-order valence-electron chi connectivity index (χ3n) is 3.78. The summed E-state index contributed by atoms with van der Waals surface area (Å²) in [4.78, 5) is 8.69. The Morgan fingerprint density at radius 1 is 1.26 bits per heavy atom. The fourth-order valence-corrected chi connectivity index (χ4v) is 3.16. The first kappa shape index (κ1) is 12.7. The highest BCUT2D eigenvalue weighted by atomic mass is 32.1. The Bertz CT molecular complexity index is 530. The van der Waals surface area contributed by atoms with E-state index in [-0.39, 0.29) is 6.04 Å². The Kier molecular flexibility index (Phi) is 3.35. The van der Waals surface area contributed by atoms with E-state index in [1.807, 2.05) is 17.5 Å². The zero-order valence-electron chi connectivity index (χ0n) is 10.6. The van der Waals surface area contributed by atoms with Crippen molar-refractivity contribution < 1.29 is 5.11 Å². The molecule has 0 atom stereocenters. The predicted octanol–water partition coefficient (Wildman–Crippen LogP) is 2.29. The van der Waals surface area contributed by atoms with E-state index in [9.17, 15) is 5.11 Å². The molecule has 0 aliphatic heterocycles. The van der Waals surface area contributed by atoms with Gasteiger partial charge >= 0.3 is 0 Å². The highest BCUT2D eigenvalue weighted by molar-refractivity contribution is 7.13. The van der Waals surface area contributed by atoms with E-state index in [1.54, 1.807) is 23.7 Å². The molecule has 2 aromatic rings. The lowest BCUT2D eigenvalue weighted by Crippen LogP contribution is -2.37. The third-order valence-corrected chi connectivity index (χ3v) is 4.60. The molecule has 0 amide bonds. The molecule has 0 aromatic carbocycles. The molecule has 0 bridgehead atoms. The molecule has 3 rings (SSSR count). The molecular formula is C14H17N3OS. The summed E-state index contributed by atoms with van der Waals surface area (Å²) in [6.07, 6.45) is 6.67. The number of aromatic nitrogens is 2. The van der Waals surface area contributed by atoms with E-state index in [1.165, 1.54) is 0 Å². The summed E-state index contributed by atoms with van der Waals surface area (Å²) >= 11 is 1.59. The normalized spacial score (nSPS) is 27.4. The van der Waals surface area contributed by atoms with Crippen LogP contribution in [0, 0.1) is 0 Å². The van der Waals surface area contributed by atoms with Gasteiger partial charge in [0.15, 0.2) is 0 Å². The van der Waals surface area contributed by atoms with Crippen LogP contribution in [0.25, 0.3) is 10.6 Å². The SMILES string of the molecule is NC1CCC(O)(c2ccc(-c3nccs3)cn2)CC1. The average Bonchev–Trinajstić information content (AvgIpc) is 2.97. The van der Waals surface area contributed by atoms with E-state index in [0.717, 1.165) is 29.1 Å². The highest BCUT2D eigenvalue weighted by Crippen LogP contribution is 2.36. The molecule has 1 fully saturated rings. The standard InChI is InChI=1S/C14H17N3OS/c15-11-3-5-14(18,6-4-11)12-2-1-10(9-17-12)13-16-7-8-19-13/h1-2,7-9,11,18H,3-6,15H2. The summed E-state index contributed by atoms with van der Waals surface area (Å²) in [6.45, 7) is 0. The van der Waals surface area contributed by atoms with Gasteiger partial charge in [-0.2, -0.15) is 0 Å². The van der Waals surface area contributed by atoms with Crippen LogP contribution in [0.1, 0.15) is 31.4 Å². The van der Waals surface area contributed by atoms with Crippen molar-refractivity contribution in [1.82, 2.24) is 9.97 Å². The summed E-state index contributed by atoms with van der Waals surface area (Å²) in [5.74, 6) is 0. The molecule has 2 heterocycles. The minimum Gasteiger partial charge on any atom is -0.384 e. The van der Waals surface area contributed by atoms with Gasteiger partial charge in [0, 0.05) is 29.4 Å². The maximum Gasteiger partial charge on any atom is 0.124 e. The van der Waals surface area contributed by atoms with Gasteiger partial charge in [0.05, 0.1) is 5.69 Å². The molecular weight excluding hydrogens is 258 g/mol. The number of aliphatic hydroxyl groups is 1. The molecule has 100 valence electrons. The number of hydrogen-bond acceptors (Lipinski definition) is 5. The van der Waals surface area contributed by atoms with Crippen LogP contribution in [0.3, 0.4) is 0 Å². The van der Waals surface area contributed by atoms with Crippen molar-refractivity contribution in [2.24, 2.45) is 5.73 Å². The van der Waals surface area contributed by atoms with Crippen molar-refractivity contribution >= 4 is 11.3 Å². The van der Waals surface area contributed by atoms with Crippen LogP contribution in [0.5, 0.6) is 0 Å². The molecule has 19 heavy (non-hydrogen) atoms. The quantitative estimate of drug-likeness (QED) is 0.882. The number of nitrogens with two attached hydrogens (primary N) is 1. The summed E-state index contributed by atoms with van der Waals surface area (Å²) < 4.78 is 0. The van der Waals surface area contributed by atoms with Gasteiger partial charge in [-0.05, 0) is 37.8 Å². The van der Waals surface area contributed by atoms with Gasteiger partial charge in [-0.3, -0.25) is 4.98 Å². The number of thiazole rings is 1. The van der Waals surface area contributed by atoms with E-state index in [0.29, 0.717) is 12.8 Å². The first-order valence-corrected chi connectivity index (χ1v) is 7.40. The van der Waals surface area contributed by atoms with Crippen LogP contribution >= 0.6 is 11.3 Å². The number of pyridine rings is 1. The lowest BCUT2D eigenvalue weighted by atomic mass is 9.80. The van der Waals surface area contributed by atoms with Gasteiger partial charge in [0.2, 0.25) is 0 Å². The summed E-state index contributed by atoms with van der Waals surface area (Å²) in [6, 6.07) is 4.11. The Morgan fingerprint density at radius 3 is 2.63 bits per heavy atom. The zero-order valence-corrected chi connectivity index (χ0v) is 11.4. The molecule has 4 nitrogen and oxygen atoms in total. The molecule has 3 N–H and O–H groups in total. The predicted molar refractivity (Wildman–Crippen MR) is 75.7 cm³/mol. The topological polar surface area (TPSA) is 72.0 Å². The Balaban J connectivity index is 1.82. The molecule has 0 saturated heterocycles. The van der Waals surface area contributed by atoms with Gasteiger partial charge in [0.25, 0.3) is 0 Å². The van der Waals surface area contributed by atoms with Crippen molar-refractivity contribution in [2.75, 3.05) is 0 Å². The monoisotopic (exact) mass is 275 g/mol. The van der Waals surface area contributed by atoms with Crippen LogP contribution in [-0.2, 0) is 5.60 Å². The van der Waals surface area contributed by atoms with Gasteiger partial charge in [-0.25, -0.2) is 4.98 Å². The zero-order chi connectivity index (χ0) is 13.3. The van der Waals surface area contributed by atoms with Gasteiger partial charge in [0.1, 0.15) is 10.6 Å². The Hall–Kier alpha value is -1.30. The molecule has 1 aliphatic carbocycles. The van der Waals surface area contributed by atoms with Crippen molar-refractivity contribution in [3.63, 3.8) is 0 Å². The lowest BCUT2D eigenvalue weighted by Gasteiger charge is -2.34. The van der Waals surface area contributed by atoms with Crippen LogP contribution < -0.4 is 5.73 Å². The Morgan fingerprint density at radius 2 is 2.05 bits per heavy atom. The molecule has 0 unspecified atom stereocenters. The maximum absolute atomic E-state index is 10.7. The summed E-state index contributed by atoms with van der Waals surface area (Å²) in [7, 11) is 0. The number of nitrogens with zero attached hydrogens (tertiary/aromatic N) is 2. The van der Waals surface area contributed by atoms with Gasteiger partial charge in [-0.15, -0.1) is 11.3 Å². The second kappa shape index (κ2) is 5.00. The number of rotatable bonds is 2. The molecule has 0 radical (unpaired) electrons. The lowest BCUT2D eigenvalue weighted by molar-refractivity contribution is -0.00885. The molecule has 2 aromatic heterocycles. The first-order valence-electron chi connectivity index (χ1n) is 6.52. The van der Waals surface area contributed by atoms with Gasteiger partial charge in [-0.1, -0.05) is 0 Å². The smallest absolute Gasteiger partial charge is 0.124 e. The minimum atomic E-state index is -0.808. The molecule has 1 aliphatic rings. The van der Waals surface area contributed by atoms with E-state index < -0.39 is 5.60 Å². The van der Waals surface area contributed by atoms with Crippen molar-refractivity contribution in [3.05, 3.63) is 35.6 Å². The second-order valence-electron chi connectivity index (χ2n) is 5.14. The van der Waals surface area contributed by atoms with Gasteiger partial charge < -0.3 is 10.8 Å². The van der Waals surface area contributed by atoms with Crippen molar-refractivity contribution in [1.29, 1.82) is 0 Å². The Labute approximate surface area is 116 Å². The summed E-state index contributed by atoms with van der Waals surface area (Å²) in [5, 5.41) is 13.5. The number of hydrogen-bond donors (Lipinski definition) is 2. The third kappa shape index (κ3) is 2.54. The van der Waals surface area contributed by atoms with E-state index in [2.05, 4.69) is 9.97 Å². The van der Waals surface area contributed by atoms with E-state index >= 15 is 0 Å². The molecule has 5 heteroatoms. The maximum atomic E-state index is 10.7. The van der Waals surface area contributed by atoms with Crippen molar-refractivity contribution in [3.8, 4) is 10.6 Å². The van der Waals surface area contributed by atoms with Crippen molar-refractivity contribution in [2.45, 2.75) is 37.3 Å². The first-order chi connectivity index (χ1) is 9.17. The van der Waals surface area contributed by atoms with E-state index in [4.69, 9.17) is 5.73 Å². The minimum absolute atomic E-state index is 0.217. The van der Waals surface area contributed by atoms with Crippen LogP contribution in [-0.4, -0.2) is 21.1 Å². The molecule has 1 saturated carbocycles. The highest BCUT2D eigenvalue weighted by Gasteiger charge is 2.34.